The van der Waals surface area contributed by atoms with Crippen molar-refractivity contribution < 1.29 is 14.6 Å². The molecule has 0 aliphatic rings. The summed E-state index contributed by atoms with van der Waals surface area (Å²) in [5, 5.41) is 9.67. The van der Waals surface area contributed by atoms with Crippen LogP contribution in [0.1, 0.15) is 19.4 Å². The van der Waals surface area contributed by atoms with Gasteiger partial charge in [-0.1, -0.05) is 42.5 Å². The molecule has 0 amide bonds. The average molecular weight is 250 g/mol. The molecular weight excluding hydrogens is 228 g/mol. The summed E-state index contributed by atoms with van der Waals surface area (Å²) < 4.78 is 11.1. The van der Waals surface area contributed by atoms with Gasteiger partial charge in [0.15, 0.2) is 0 Å². The third-order valence-electron chi connectivity index (χ3n) is 2.74. The largest absolute Gasteiger partial charge is 0.391 e. The normalized spacial score (nSPS) is 16.7. The van der Waals surface area contributed by atoms with Crippen molar-refractivity contribution in [3.63, 3.8) is 0 Å². The van der Waals surface area contributed by atoms with Crippen molar-refractivity contribution in [2.75, 3.05) is 7.11 Å². The Balaban J connectivity index is 2.63. The number of hydrogen-bond donors (Lipinski definition) is 1. The maximum Gasteiger partial charge on any atom is 0.112 e. The molecule has 0 spiro atoms. The van der Waals surface area contributed by atoms with Crippen molar-refractivity contribution in [1.82, 2.24) is 0 Å². The number of benzene rings is 1. The molecule has 18 heavy (non-hydrogen) atoms. The second-order valence-corrected chi connectivity index (χ2v) is 4.23. The number of rotatable bonds is 7. The number of hydrogen-bond acceptors (Lipinski definition) is 3. The molecule has 0 saturated heterocycles. The molecule has 3 atom stereocenters. The highest BCUT2D eigenvalue weighted by molar-refractivity contribution is 5.13. The predicted octanol–water partition coefficient (Wildman–Crippen LogP) is 2.54. The third-order valence-corrected chi connectivity index (χ3v) is 2.74. The minimum absolute atomic E-state index is 0.250. The SMILES string of the molecule is C/C=C/[C@H](OCc1ccccc1)[C@H](OC)[C@@H](C)O. The molecule has 0 bridgehead atoms. The van der Waals surface area contributed by atoms with Crippen LogP contribution < -0.4 is 0 Å². The second-order valence-electron chi connectivity index (χ2n) is 4.23. The molecular formula is C15H22O3. The zero-order chi connectivity index (χ0) is 13.4. The highest BCUT2D eigenvalue weighted by Gasteiger charge is 2.24. The number of allylic oxidation sites excluding steroid dienone is 1. The van der Waals surface area contributed by atoms with Crippen molar-refractivity contribution in [1.29, 1.82) is 0 Å². The van der Waals surface area contributed by atoms with E-state index in [1.807, 2.05) is 49.4 Å². The van der Waals surface area contributed by atoms with Crippen LogP contribution >= 0.6 is 0 Å². The van der Waals surface area contributed by atoms with Gasteiger partial charge in [-0.2, -0.15) is 0 Å². The maximum atomic E-state index is 9.67. The van der Waals surface area contributed by atoms with E-state index in [4.69, 9.17) is 9.47 Å². The first kappa shape index (κ1) is 14.9. The molecule has 3 heteroatoms. The fraction of sp³-hybridized carbons (Fsp3) is 0.467. The molecule has 1 rings (SSSR count). The fourth-order valence-corrected chi connectivity index (χ4v) is 1.82. The molecule has 1 aromatic rings. The van der Waals surface area contributed by atoms with Crippen LogP contribution in [0, 0.1) is 0 Å². The molecule has 0 aliphatic carbocycles. The Labute approximate surface area is 109 Å². The van der Waals surface area contributed by atoms with Crippen molar-refractivity contribution in [2.45, 2.75) is 38.8 Å². The van der Waals surface area contributed by atoms with Crippen LogP contribution in [0.15, 0.2) is 42.5 Å². The molecule has 0 fully saturated rings. The number of aliphatic hydroxyl groups is 1. The highest BCUT2D eigenvalue weighted by Crippen LogP contribution is 2.13. The summed E-state index contributed by atoms with van der Waals surface area (Å²) in [6.45, 7) is 4.13. The van der Waals surface area contributed by atoms with E-state index in [-0.39, 0.29) is 12.2 Å². The summed E-state index contributed by atoms with van der Waals surface area (Å²) in [6.07, 6.45) is 2.63. The minimum atomic E-state index is -0.577. The standard InChI is InChI=1S/C15H22O3/c1-4-8-14(15(17-3)12(2)16)18-11-13-9-6-5-7-10-13/h4-10,12,14-16H,11H2,1-3H3/b8-4+/t12-,14+,15-/m1/s1. The van der Waals surface area contributed by atoms with E-state index in [0.29, 0.717) is 6.61 Å². The Morgan fingerprint density at radius 3 is 2.44 bits per heavy atom. The minimum Gasteiger partial charge on any atom is -0.391 e. The van der Waals surface area contributed by atoms with Crippen LogP contribution in [0.25, 0.3) is 0 Å². The molecule has 1 N–H and O–H groups in total. The van der Waals surface area contributed by atoms with E-state index in [0.717, 1.165) is 5.56 Å². The van der Waals surface area contributed by atoms with E-state index in [1.54, 1.807) is 14.0 Å². The van der Waals surface area contributed by atoms with E-state index in [9.17, 15) is 5.11 Å². The van der Waals surface area contributed by atoms with Crippen LogP contribution in [-0.4, -0.2) is 30.5 Å². The van der Waals surface area contributed by atoms with E-state index < -0.39 is 6.10 Å². The number of methoxy groups -OCH3 is 1. The van der Waals surface area contributed by atoms with Gasteiger partial charge in [0.1, 0.15) is 12.2 Å². The Hall–Kier alpha value is -1.16. The Kier molecular flexibility index (Phi) is 6.65. The topological polar surface area (TPSA) is 38.7 Å². The summed E-state index contributed by atoms with van der Waals surface area (Å²) in [7, 11) is 1.58. The number of ether oxygens (including phenoxy) is 2. The van der Waals surface area contributed by atoms with Gasteiger partial charge in [0.05, 0.1) is 12.7 Å². The van der Waals surface area contributed by atoms with Crippen molar-refractivity contribution in [3.8, 4) is 0 Å². The molecule has 0 saturated carbocycles. The first-order chi connectivity index (χ1) is 8.69. The molecule has 1 aromatic carbocycles. The van der Waals surface area contributed by atoms with Crippen LogP contribution in [0.4, 0.5) is 0 Å². The summed E-state index contributed by atoms with van der Waals surface area (Å²) >= 11 is 0. The second kappa shape index (κ2) is 8.03. The summed E-state index contributed by atoms with van der Waals surface area (Å²) in [5.74, 6) is 0. The van der Waals surface area contributed by atoms with Gasteiger partial charge in [-0.25, -0.2) is 0 Å². The summed E-state index contributed by atoms with van der Waals surface area (Å²) in [6, 6.07) is 9.95. The molecule has 0 heterocycles. The fourth-order valence-electron chi connectivity index (χ4n) is 1.82. The van der Waals surface area contributed by atoms with Crippen molar-refractivity contribution >= 4 is 0 Å². The van der Waals surface area contributed by atoms with Gasteiger partial charge in [-0.15, -0.1) is 0 Å². The average Bonchev–Trinajstić information content (AvgIpc) is 2.37. The summed E-state index contributed by atoms with van der Waals surface area (Å²) in [4.78, 5) is 0. The highest BCUT2D eigenvalue weighted by atomic mass is 16.5. The lowest BCUT2D eigenvalue weighted by Crippen LogP contribution is -2.38. The van der Waals surface area contributed by atoms with Crippen molar-refractivity contribution in [2.24, 2.45) is 0 Å². The van der Waals surface area contributed by atoms with Gasteiger partial charge in [-0.05, 0) is 19.4 Å². The first-order valence-electron chi connectivity index (χ1n) is 6.18. The van der Waals surface area contributed by atoms with Crippen LogP contribution in [0.5, 0.6) is 0 Å². The van der Waals surface area contributed by atoms with Gasteiger partial charge in [0.2, 0.25) is 0 Å². The van der Waals surface area contributed by atoms with Gasteiger partial charge in [0, 0.05) is 7.11 Å². The molecule has 100 valence electrons. The summed E-state index contributed by atoms with van der Waals surface area (Å²) in [5.41, 5.74) is 1.10. The molecule has 0 aliphatic heterocycles. The van der Waals surface area contributed by atoms with E-state index >= 15 is 0 Å². The lowest BCUT2D eigenvalue weighted by atomic mass is 10.1. The maximum absolute atomic E-state index is 9.67. The molecule has 0 unspecified atom stereocenters. The van der Waals surface area contributed by atoms with Crippen molar-refractivity contribution in [3.05, 3.63) is 48.0 Å². The first-order valence-corrected chi connectivity index (χ1v) is 6.18. The predicted molar refractivity (Wildman–Crippen MR) is 72.3 cm³/mol. The smallest absolute Gasteiger partial charge is 0.112 e. The van der Waals surface area contributed by atoms with Gasteiger partial charge >= 0.3 is 0 Å². The quantitative estimate of drug-likeness (QED) is 0.756. The molecule has 0 radical (unpaired) electrons. The molecule has 0 aromatic heterocycles. The van der Waals surface area contributed by atoms with E-state index in [2.05, 4.69) is 0 Å². The van der Waals surface area contributed by atoms with Crippen LogP contribution in [-0.2, 0) is 16.1 Å². The van der Waals surface area contributed by atoms with E-state index in [1.165, 1.54) is 0 Å². The number of aliphatic hydroxyl groups excluding tert-OH is 1. The monoisotopic (exact) mass is 250 g/mol. The van der Waals surface area contributed by atoms with Gasteiger partial charge < -0.3 is 14.6 Å². The van der Waals surface area contributed by atoms with Crippen LogP contribution in [0.3, 0.4) is 0 Å². The Morgan fingerprint density at radius 1 is 1.28 bits per heavy atom. The third kappa shape index (κ3) is 4.61. The lowest BCUT2D eigenvalue weighted by Gasteiger charge is -2.26. The lowest BCUT2D eigenvalue weighted by molar-refractivity contribution is -0.0884. The van der Waals surface area contributed by atoms with Gasteiger partial charge in [-0.3, -0.25) is 0 Å². The zero-order valence-corrected chi connectivity index (χ0v) is 11.2. The Bertz CT molecular complexity index is 346. The molecule has 3 nitrogen and oxygen atoms in total. The zero-order valence-electron chi connectivity index (χ0n) is 11.2. The van der Waals surface area contributed by atoms with Gasteiger partial charge in [0.25, 0.3) is 0 Å². The Morgan fingerprint density at radius 2 is 1.94 bits per heavy atom. The van der Waals surface area contributed by atoms with Crippen LogP contribution in [0.2, 0.25) is 0 Å².